The highest BCUT2D eigenvalue weighted by molar-refractivity contribution is 5.88. The third-order valence-electron chi connectivity index (χ3n) is 5.42. The van der Waals surface area contributed by atoms with Crippen LogP contribution in [0.4, 0.5) is 0 Å². The van der Waals surface area contributed by atoms with Crippen molar-refractivity contribution in [2.45, 2.75) is 26.3 Å². The lowest BCUT2D eigenvalue weighted by atomic mass is 9.87. The molecule has 118 valence electrons. The van der Waals surface area contributed by atoms with Crippen LogP contribution in [0, 0.1) is 12.3 Å². The Kier molecular flexibility index (Phi) is 3.39. The largest absolute Gasteiger partial charge is 0.496 e. The molecule has 1 spiro atoms. The Balaban J connectivity index is 1.64. The molecule has 4 heteroatoms. The molecule has 0 amide bonds. The zero-order valence-electron chi connectivity index (χ0n) is 13.4. The smallest absolute Gasteiger partial charge is 0.124 e. The fourth-order valence-corrected chi connectivity index (χ4v) is 4.14. The van der Waals surface area contributed by atoms with Crippen molar-refractivity contribution in [2.75, 3.05) is 33.4 Å². The van der Waals surface area contributed by atoms with Gasteiger partial charge < -0.3 is 14.5 Å². The van der Waals surface area contributed by atoms with Gasteiger partial charge in [-0.1, -0.05) is 0 Å². The van der Waals surface area contributed by atoms with Gasteiger partial charge >= 0.3 is 0 Å². The van der Waals surface area contributed by atoms with Gasteiger partial charge in [0.15, 0.2) is 0 Å². The minimum atomic E-state index is 0.412. The Morgan fingerprint density at radius 3 is 3.09 bits per heavy atom. The summed E-state index contributed by atoms with van der Waals surface area (Å²) in [5.74, 6) is 1.01. The second kappa shape index (κ2) is 5.28. The molecule has 2 saturated heterocycles. The van der Waals surface area contributed by atoms with Crippen LogP contribution in [-0.4, -0.2) is 43.3 Å². The van der Waals surface area contributed by atoms with E-state index in [1.807, 2.05) is 6.20 Å². The molecule has 1 unspecified atom stereocenters. The van der Waals surface area contributed by atoms with Gasteiger partial charge in [0.1, 0.15) is 5.75 Å². The summed E-state index contributed by atoms with van der Waals surface area (Å²) >= 11 is 0. The lowest BCUT2D eigenvalue weighted by Gasteiger charge is -2.23. The number of benzene rings is 1. The van der Waals surface area contributed by atoms with Crippen LogP contribution in [0.1, 0.15) is 24.0 Å². The Labute approximate surface area is 131 Å². The summed E-state index contributed by atoms with van der Waals surface area (Å²) in [6.45, 7) is 7.27. The van der Waals surface area contributed by atoms with Gasteiger partial charge in [0.2, 0.25) is 0 Å². The highest BCUT2D eigenvalue weighted by Crippen LogP contribution is 2.40. The van der Waals surface area contributed by atoms with Crippen molar-refractivity contribution in [3.8, 4) is 5.75 Å². The molecule has 4 nitrogen and oxygen atoms in total. The zero-order valence-corrected chi connectivity index (χ0v) is 13.4. The molecular formula is C18H24N2O2. The summed E-state index contributed by atoms with van der Waals surface area (Å²) in [6.07, 6.45) is 4.50. The Morgan fingerprint density at radius 2 is 2.32 bits per heavy atom. The first-order chi connectivity index (χ1) is 10.7. The molecule has 0 saturated carbocycles. The van der Waals surface area contributed by atoms with E-state index in [0.29, 0.717) is 5.41 Å². The van der Waals surface area contributed by atoms with Gasteiger partial charge in [0.05, 0.1) is 13.7 Å². The number of aryl methyl sites for hydroxylation is 1. The van der Waals surface area contributed by atoms with Crippen LogP contribution < -0.4 is 4.74 Å². The number of hydrogen-bond donors (Lipinski definition) is 1. The highest BCUT2D eigenvalue weighted by atomic mass is 16.5. The molecule has 2 aliphatic heterocycles. The molecule has 2 aliphatic rings. The van der Waals surface area contributed by atoms with Crippen molar-refractivity contribution in [3.63, 3.8) is 0 Å². The number of aromatic nitrogens is 1. The van der Waals surface area contributed by atoms with E-state index in [1.54, 1.807) is 7.11 Å². The van der Waals surface area contributed by atoms with Crippen molar-refractivity contribution in [1.82, 2.24) is 9.88 Å². The van der Waals surface area contributed by atoms with Crippen LogP contribution >= 0.6 is 0 Å². The third kappa shape index (κ3) is 2.22. The number of nitrogens with one attached hydrogen (secondary N) is 1. The van der Waals surface area contributed by atoms with Crippen LogP contribution in [0.2, 0.25) is 0 Å². The Morgan fingerprint density at radius 1 is 1.41 bits per heavy atom. The van der Waals surface area contributed by atoms with E-state index < -0.39 is 0 Å². The number of ether oxygens (including phenoxy) is 2. The summed E-state index contributed by atoms with van der Waals surface area (Å²) in [5.41, 5.74) is 4.19. The van der Waals surface area contributed by atoms with E-state index in [0.717, 1.165) is 38.6 Å². The van der Waals surface area contributed by atoms with Gasteiger partial charge in [-0.15, -0.1) is 0 Å². The van der Waals surface area contributed by atoms with Gasteiger partial charge in [-0.25, -0.2) is 0 Å². The molecule has 0 aliphatic carbocycles. The molecule has 1 aromatic heterocycles. The summed E-state index contributed by atoms with van der Waals surface area (Å²) in [7, 11) is 1.77. The van der Waals surface area contributed by atoms with Gasteiger partial charge in [-0.3, -0.25) is 4.90 Å². The molecule has 3 heterocycles. The fraction of sp³-hybridized carbons (Fsp3) is 0.556. The summed E-state index contributed by atoms with van der Waals surface area (Å²) in [5, 5.41) is 1.29. The van der Waals surface area contributed by atoms with Crippen molar-refractivity contribution in [1.29, 1.82) is 0 Å². The van der Waals surface area contributed by atoms with Crippen LogP contribution in [0.3, 0.4) is 0 Å². The SMILES string of the molecule is COc1cc(C)c2[nH]ccc2c1CN1CCC2(CCOC2)C1. The average molecular weight is 300 g/mol. The van der Waals surface area contributed by atoms with Crippen molar-refractivity contribution < 1.29 is 9.47 Å². The van der Waals surface area contributed by atoms with Crippen LogP contribution in [0.15, 0.2) is 18.3 Å². The van der Waals surface area contributed by atoms with Gasteiger partial charge in [-0.2, -0.15) is 0 Å². The van der Waals surface area contributed by atoms with Crippen LogP contribution in [-0.2, 0) is 11.3 Å². The minimum Gasteiger partial charge on any atom is -0.496 e. The number of nitrogens with zero attached hydrogens (tertiary/aromatic N) is 1. The van der Waals surface area contributed by atoms with Gasteiger partial charge in [0.25, 0.3) is 0 Å². The monoisotopic (exact) mass is 300 g/mol. The maximum atomic E-state index is 5.67. The van der Waals surface area contributed by atoms with E-state index in [9.17, 15) is 0 Å². The molecule has 2 fully saturated rings. The van der Waals surface area contributed by atoms with Crippen molar-refractivity contribution in [2.24, 2.45) is 5.41 Å². The van der Waals surface area contributed by atoms with Crippen molar-refractivity contribution >= 4 is 10.9 Å². The number of rotatable bonds is 3. The third-order valence-corrected chi connectivity index (χ3v) is 5.42. The van der Waals surface area contributed by atoms with E-state index in [-0.39, 0.29) is 0 Å². The number of methoxy groups -OCH3 is 1. The Bertz CT molecular complexity index is 686. The average Bonchev–Trinajstić information content (AvgIpc) is 3.24. The van der Waals surface area contributed by atoms with Crippen molar-refractivity contribution in [3.05, 3.63) is 29.5 Å². The summed E-state index contributed by atoms with van der Waals surface area (Å²) < 4.78 is 11.3. The molecule has 0 bridgehead atoms. The first-order valence-electron chi connectivity index (χ1n) is 8.14. The predicted molar refractivity (Wildman–Crippen MR) is 87.4 cm³/mol. The molecule has 1 N–H and O–H groups in total. The number of fused-ring (bicyclic) bond motifs is 1. The molecule has 1 aromatic carbocycles. The summed E-state index contributed by atoms with van der Waals surface area (Å²) in [4.78, 5) is 5.92. The van der Waals surface area contributed by atoms with Crippen LogP contribution in [0.5, 0.6) is 5.75 Å². The van der Waals surface area contributed by atoms with Gasteiger partial charge in [-0.05, 0) is 44.0 Å². The number of hydrogen-bond acceptors (Lipinski definition) is 3. The number of aromatic amines is 1. The second-order valence-electron chi connectivity index (χ2n) is 6.90. The molecule has 1 atom stereocenters. The maximum absolute atomic E-state index is 5.67. The maximum Gasteiger partial charge on any atom is 0.124 e. The zero-order chi connectivity index (χ0) is 15.2. The topological polar surface area (TPSA) is 37.5 Å². The number of H-pyrrole nitrogens is 1. The second-order valence-corrected chi connectivity index (χ2v) is 6.90. The standard InChI is InChI=1S/C18H24N2O2/c1-13-9-16(21-2)15(14-3-6-19-17(13)14)10-20-7-4-18(11-20)5-8-22-12-18/h3,6,9,19H,4-5,7-8,10-12H2,1-2H3. The normalized spacial score (nSPS) is 25.5. The van der Waals surface area contributed by atoms with E-state index >= 15 is 0 Å². The van der Waals surface area contributed by atoms with E-state index in [2.05, 4.69) is 28.9 Å². The summed E-state index contributed by atoms with van der Waals surface area (Å²) in [6, 6.07) is 4.32. The Hall–Kier alpha value is -1.52. The molecule has 22 heavy (non-hydrogen) atoms. The molecular weight excluding hydrogens is 276 g/mol. The molecule has 0 radical (unpaired) electrons. The lowest BCUT2D eigenvalue weighted by Crippen LogP contribution is -2.27. The van der Waals surface area contributed by atoms with Crippen LogP contribution in [0.25, 0.3) is 10.9 Å². The molecule has 4 rings (SSSR count). The predicted octanol–water partition coefficient (Wildman–Crippen LogP) is 3.10. The van der Waals surface area contributed by atoms with E-state index in [4.69, 9.17) is 9.47 Å². The number of likely N-dealkylation sites (tertiary alicyclic amines) is 1. The quantitative estimate of drug-likeness (QED) is 0.946. The fourth-order valence-electron chi connectivity index (χ4n) is 4.14. The first kappa shape index (κ1) is 14.1. The van der Waals surface area contributed by atoms with E-state index in [1.165, 1.54) is 34.9 Å². The highest BCUT2D eigenvalue weighted by Gasteiger charge is 2.41. The molecule has 2 aromatic rings. The minimum absolute atomic E-state index is 0.412. The lowest BCUT2D eigenvalue weighted by molar-refractivity contribution is 0.151. The van der Waals surface area contributed by atoms with Gasteiger partial charge in [0, 0.05) is 47.8 Å². The first-order valence-corrected chi connectivity index (χ1v) is 8.14.